The Balaban J connectivity index is 1.26. The highest BCUT2D eigenvalue weighted by molar-refractivity contribution is 6.01. The summed E-state index contributed by atoms with van der Waals surface area (Å²) in [4.78, 5) is 20.6. The van der Waals surface area contributed by atoms with Crippen LogP contribution in [0.2, 0.25) is 0 Å². The van der Waals surface area contributed by atoms with Gasteiger partial charge in [0, 0.05) is 68.8 Å². The van der Waals surface area contributed by atoms with Gasteiger partial charge < -0.3 is 29.8 Å². The quantitative estimate of drug-likeness (QED) is 0.261. The average molecular weight is 615 g/mol. The third-order valence-electron chi connectivity index (χ3n) is 10.1. The fourth-order valence-electron chi connectivity index (χ4n) is 7.62. The lowest BCUT2D eigenvalue weighted by Crippen LogP contribution is -2.41. The SMILES string of the molecule is COc1cc(C(=O)N2C[C@H]3CC[C@@H]2C3N)cc2nc(-c3cc4cccc(Nc5cn(C)nc5C)c4n3CC3CC3(F)F)n(C)c12. The lowest BCUT2D eigenvalue weighted by molar-refractivity contribution is 0.0700. The first-order valence-electron chi connectivity index (χ1n) is 15.4. The molecule has 3 aliphatic rings. The summed E-state index contributed by atoms with van der Waals surface area (Å²) >= 11 is 0. The van der Waals surface area contributed by atoms with Crippen LogP contribution in [0.5, 0.6) is 5.75 Å². The molecule has 3 aromatic heterocycles. The number of aryl methyl sites for hydroxylation is 3. The normalized spacial score (nSPS) is 23.4. The number of carbonyl (C=O) groups is 1. The summed E-state index contributed by atoms with van der Waals surface area (Å²) in [6, 6.07) is 11.5. The Bertz CT molecular complexity index is 2010. The molecule has 1 aliphatic heterocycles. The number of halogens is 2. The van der Waals surface area contributed by atoms with Gasteiger partial charge in [-0.2, -0.15) is 5.10 Å². The van der Waals surface area contributed by atoms with E-state index in [1.54, 1.807) is 23.9 Å². The van der Waals surface area contributed by atoms with Gasteiger partial charge in [0.25, 0.3) is 11.8 Å². The number of nitrogens with one attached hydrogen (secondary N) is 1. The average Bonchev–Trinajstić information content (AvgIpc) is 3.55. The number of para-hydroxylation sites is 1. The third-order valence-corrected chi connectivity index (χ3v) is 10.1. The molecule has 1 amide bonds. The Labute approximate surface area is 258 Å². The Morgan fingerprint density at radius 2 is 1.96 bits per heavy atom. The minimum absolute atomic E-state index is 0.0169. The van der Waals surface area contributed by atoms with Crippen LogP contribution in [-0.4, -0.2) is 66.4 Å². The molecule has 2 unspecified atom stereocenters. The molecule has 1 saturated heterocycles. The number of methoxy groups -OCH3 is 1. The Hall–Kier alpha value is -4.45. The van der Waals surface area contributed by atoms with E-state index in [0.29, 0.717) is 40.8 Å². The van der Waals surface area contributed by atoms with Gasteiger partial charge in [0.1, 0.15) is 11.3 Å². The number of piperidine rings is 1. The van der Waals surface area contributed by atoms with Crippen LogP contribution in [-0.2, 0) is 20.6 Å². The molecular weight excluding hydrogens is 578 g/mol. The predicted molar refractivity (Wildman–Crippen MR) is 168 cm³/mol. The highest BCUT2D eigenvalue weighted by Crippen LogP contribution is 2.51. The van der Waals surface area contributed by atoms with Crippen LogP contribution >= 0.6 is 0 Å². The maximum atomic E-state index is 14.4. The minimum Gasteiger partial charge on any atom is -0.494 e. The number of benzene rings is 2. The largest absolute Gasteiger partial charge is 0.494 e. The zero-order valence-electron chi connectivity index (χ0n) is 25.7. The lowest BCUT2D eigenvalue weighted by Gasteiger charge is -2.27. The summed E-state index contributed by atoms with van der Waals surface area (Å²) in [5.74, 6) is -2.07. The number of fused-ring (bicyclic) bond motifs is 4. The summed E-state index contributed by atoms with van der Waals surface area (Å²) in [5, 5.41) is 8.83. The molecule has 2 bridgehead atoms. The standard InChI is InChI=1S/C33H36F2N8O2/c1-17-24(16-40(2)39-17)37-22-7-5-6-18-11-26(42(29(18)22)15-21-13-33(21,34)35)31-38-23-10-20(12-27(45-4)30(23)41(31)3)32(44)43-14-19-8-9-25(43)28(19)36/h5-7,10-12,16,19,21,25,28,37H,8-9,13-15,36H2,1-4H3/t19-,21?,25-,28?/m1/s1. The molecule has 12 heteroatoms. The van der Waals surface area contributed by atoms with Gasteiger partial charge in [-0.05, 0) is 49.9 Å². The van der Waals surface area contributed by atoms with E-state index >= 15 is 0 Å². The lowest BCUT2D eigenvalue weighted by atomic mass is 10.1. The van der Waals surface area contributed by atoms with E-state index in [0.717, 1.165) is 46.3 Å². The monoisotopic (exact) mass is 614 g/mol. The Morgan fingerprint density at radius 1 is 1.16 bits per heavy atom. The Morgan fingerprint density at radius 3 is 2.60 bits per heavy atom. The number of anilines is 2. The molecule has 2 aromatic carbocycles. The van der Waals surface area contributed by atoms with Crippen LogP contribution in [0.15, 0.2) is 42.6 Å². The van der Waals surface area contributed by atoms with Crippen molar-refractivity contribution in [1.82, 2.24) is 28.8 Å². The first kappa shape index (κ1) is 28.1. The van der Waals surface area contributed by atoms with E-state index in [1.165, 1.54) is 0 Å². The van der Waals surface area contributed by atoms with Gasteiger partial charge >= 0.3 is 0 Å². The number of imidazole rings is 1. The molecule has 10 nitrogen and oxygen atoms in total. The van der Waals surface area contributed by atoms with Crippen LogP contribution in [0, 0.1) is 18.8 Å². The van der Waals surface area contributed by atoms with E-state index in [1.807, 2.05) is 65.5 Å². The van der Waals surface area contributed by atoms with Crippen molar-refractivity contribution in [2.24, 2.45) is 31.7 Å². The molecule has 0 spiro atoms. The van der Waals surface area contributed by atoms with E-state index < -0.39 is 11.8 Å². The number of amides is 1. The molecule has 3 fully saturated rings. The number of hydrogen-bond acceptors (Lipinski definition) is 6. The number of nitrogens with zero attached hydrogens (tertiary/aromatic N) is 6. The molecule has 4 atom stereocenters. The molecule has 2 saturated carbocycles. The maximum absolute atomic E-state index is 14.4. The van der Waals surface area contributed by atoms with Crippen molar-refractivity contribution in [2.75, 3.05) is 19.0 Å². The molecule has 3 N–H and O–H groups in total. The smallest absolute Gasteiger partial charge is 0.254 e. The van der Waals surface area contributed by atoms with Gasteiger partial charge in [0.15, 0.2) is 5.82 Å². The number of likely N-dealkylation sites (tertiary alicyclic amines) is 1. The predicted octanol–water partition coefficient (Wildman–Crippen LogP) is 5.21. The Kier molecular flexibility index (Phi) is 6.09. The van der Waals surface area contributed by atoms with Crippen molar-refractivity contribution in [3.05, 3.63) is 53.9 Å². The van der Waals surface area contributed by atoms with Crippen LogP contribution in [0.25, 0.3) is 33.5 Å². The summed E-state index contributed by atoms with van der Waals surface area (Å²) < 4.78 is 40.2. The van der Waals surface area contributed by atoms with Crippen LogP contribution in [0.3, 0.4) is 0 Å². The van der Waals surface area contributed by atoms with Crippen LogP contribution in [0.4, 0.5) is 20.2 Å². The number of rotatable bonds is 7. The van der Waals surface area contributed by atoms with Crippen molar-refractivity contribution < 1.29 is 18.3 Å². The van der Waals surface area contributed by atoms with E-state index in [4.69, 9.17) is 15.5 Å². The number of aromatic nitrogens is 5. The van der Waals surface area contributed by atoms with Gasteiger partial charge in [0.2, 0.25) is 0 Å². The zero-order chi connectivity index (χ0) is 31.4. The molecule has 0 radical (unpaired) electrons. The highest BCUT2D eigenvalue weighted by Gasteiger charge is 2.57. The van der Waals surface area contributed by atoms with Gasteiger partial charge in [-0.15, -0.1) is 0 Å². The molecule has 2 aliphatic carbocycles. The van der Waals surface area contributed by atoms with E-state index in [-0.39, 0.29) is 31.0 Å². The number of nitrogens with two attached hydrogens (primary N) is 1. The van der Waals surface area contributed by atoms with Gasteiger partial charge in [-0.3, -0.25) is 9.48 Å². The van der Waals surface area contributed by atoms with Crippen molar-refractivity contribution in [3.63, 3.8) is 0 Å². The van der Waals surface area contributed by atoms with Crippen LogP contribution in [0.1, 0.15) is 35.3 Å². The topological polar surface area (TPSA) is 108 Å². The van der Waals surface area contributed by atoms with Gasteiger partial charge in [-0.25, -0.2) is 13.8 Å². The van der Waals surface area contributed by atoms with Crippen molar-refractivity contribution >= 4 is 39.2 Å². The number of ether oxygens (including phenoxy) is 1. The third kappa shape index (κ3) is 4.33. The number of carbonyl (C=O) groups excluding carboxylic acids is 1. The van der Waals surface area contributed by atoms with Gasteiger partial charge in [0.05, 0.1) is 40.9 Å². The zero-order valence-corrected chi connectivity index (χ0v) is 25.7. The van der Waals surface area contributed by atoms with E-state index in [9.17, 15) is 13.6 Å². The van der Waals surface area contributed by atoms with Crippen molar-refractivity contribution in [3.8, 4) is 17.3 Å². The van der Waals surface area contributed by atoms with E-state index in [2.05, 4.69) is 10.4 Å². The minimum atomic E-state index is -2.70. The molecule has 8 rings (SSSR count). The number of hydrogen-bond donors (Lipinski definition) is 2. The molecular formula is C33H36F2N8O2. The van der Waals surface area contributed by atoms with Gasteiger partial charge in [-0.1, -0.05) is 12.1 Å². The van der Waals surface area contributed by atoms with Crippen LogP contribution < -0.4 is 15.8 Å². The summed E-state index contributed by atoms with van der Waals surface area (Å²) in [6.45, 7) is 2.73. The fraction of sp³-hybridized carbons (Fsp3) is 0.424. The molecule has 5 aromatic rings. The number of alkyl halides is 2. The highest BCUT2D eigenvalue weighted by atomic mass is 19.3. The summed E-state index contributed by atoms with van der Waals surface area (Å²) in [7, 11) is 5.32. The molecule has 234 valence electrons. The summed E-state index contributed by atoms with van der Waals surface area (Å²) in [6.07, 6.45) is 3.73. The molecule has 4 heterocycles. The van der Waals surface area contributed by atoms with Crippen molar-refractivity contribution in [1.29, 1.82) is 0 Å². The second-order valence-corrected chi connectivity index (χ2v) is 13.0. The summed E-state index contributed by atoms with van der Waals surface area (Å²) in [5.41, 5.74) is 12.2. The second-order valence-electron chi connectivity index (χ2n) is 13.0. The second kappa shape index (κ2) is 9.77. The van der Waals surface area contributed by atoms with Crippen molar-refractivity contribution in [2.45, 2.75) is 50.7 Å². The first-order valence-corrected chi connectivity index (χ1v) is 15.4. The molecule has 45 heavy (non-hydrogen) atoms. The first-order chi connectivity index (χ1) is 21.5. The fourth-order valence-corrected chi connectivity index (χ4v) is 7.62. The maximum Gasteiger partial charge on any atom is 0.254 e.